The van der Waals surface area contributed by atoms with Crippen molar-refractivity contribution in [2.24, 2.45) is 0 Å². The van der Waals surface area contributed by atoms with Crippen molar-refractivity contribution in [3.63, 3.8) is 0 Å². The van der Waals surface area contributed by atoms with Crippen molar-refractivity contribution >= 4 is 11.5 Å². The van der Waals surface area contributed by atoms with E-state index in [9.17, 15) is 0 Å². The van der Waals surface area contributed by atoms with Gasteiger partial charge in [-0.2, -0.15) is 0 Å². The fraction of sp³-hybridized carbons (Fsp3) is 0.375. The fourth-order valence-corrected chi connectivity index (χ4v) is 2.71. The summed E-state index contributed by atoms with van der Waals surface area (Å²) in [6, 6.07) is 6.59. The zero-order valence-electron chi connectivity index (χ0n) is 12.5. The van der Waals surface area contributed by atoms with Gasteiger partial charge < -0.3 is 15.5 Å². The number of pyridine rings is 2. The van der Waals surface area contributed by atoms with Gasteiger partial charge in [-0.3, -0.25) is 4.98 Å². The van der Waals surface area contributed by atoms with E-state index in [0.717, 1.165) is 42.1 Å². The van der Waals surface area contributed by atoms with E-state index >= 15 is 0 Å². The van der Waals surface area contributed by atoms with Crippen LogP contribution in [0.25, 0.3) is 11.1 Å². The highest BCUT2D eigenvalue weighted by atomic mass is 15.1. The van der Waals surface area contributed by atoms with Crippen LogP contribution in [-0.4, -0.2) is 43.2 Å². The maximum atomic E-state index is 4.54. The smallest absolute Gasteiger partial charge is 0.137 e. The van der Waals surface area contributed by atoms with E-state index < -0.39 is 0 Å². The van der Waals surface area contributed by atoms with Gasteiger partial charge in [-0.25, -0.2) is 4.98 Å². The molecular weight excluding hydrogens is 262 g/mol. The number of anilines is 2. The van der Waals surface area contributed by atoms with Crippen molar-refractivity contribution in [3.05, 3.63) is 36.8 Å². The molecule has 5 heteroatoms. The van der Waals surface area contributed by atoms with Gasteiger partial charge in [-0.1, -0.05) is 0 Å². The van der Waals surface area contributed by atoms with Crippen LogP contribution < -0.4 is 15.5 Å². The van der Waals surface area contributed by atoms with Crippen LogP contribution in [0.1, 0.15) is 6.42 Å². The largest absolute Gasteiger partial charge is 0.380 e. The molecule has 0 amide bonds. The minimum absolute atomic E-state index is 0.475. The topological polar surface area (TPSA) is 53.1 Å². The Kier molecular flexibility index (Phi) is 4.01. The van der Waals surface area contributed by atoms with Gasteiger partial charge in [0.2, 0.25) is 0 Å². The molecule has 1 atom stereocenters. The Labute approximate surface area is 125 Å². The van der Waals surface area contributed by atoms with Gasteiger partial charge in [0.15, 0.2) is 0 Å². The number of rotatable bonds is 4. The van der Waals surface area contributed by atoms with Crippen LogP contribution in [0.3, 0.4) is 0 Å². The summed E-state index contributed by atoms with van der Waals surface area (Å²) >= 11 is 0. The number of hydrogen-bond donors (Lipinski definition) is 2. The van der Waals surface area contributed by atoms with Gasteiger partial charge in [0.1, 0.15) is 5.82 Å². The first-order chi connectivity index (χ1) is 10.3. The zero-order chi connectivity index (χ0) is 14.7. The lowest BCUT2D eigenvalue weighted by molar-refractivity contribution is 0.793. The number of aromatic nitrogens is 2. The summed E-state index contributed by atoms with van der Waals surface area (Å²) in [6.45, 7) is 2.09. The van der Waals surface area contributed by atoms with Crippen LogP contribution in [0, 0.1) is 0 Å². The zero-order valence-corrected chi connectivity index (χ0v) is 12.5. The predicted octanol–water partition coefficient (Wildman–Crippen LogP) is 1.98. The Hall–Kier alpha value is -2.14. The molecule has 3 heterocycles. The third-order valence-electron chi connectivity index (χ3n) is 3.74. The molecule has 110 valence electrons. The van der Waals surface area contributed by atoms with Gasteiger partial charge in [-0.05, 0) is 36.7 Å². The monoisotopic (exact) mass is 283 g/mol. The molecule has 2 aromatic rings. The minimum atomic E-state index is 0.475. The third kappa shape index (κ3) is 2.97. The molecule has 1 fully saturated rings. The standard InChI is InChI=1S/C16H21N5/c1-21(2)16-15(12-3-7-17-8-4-12)14(6-10-19-16)20-13-5-9-18-11-13/h3-4,6-8,10,13,18H,5,9,11H2,1-2H3,(H,19,20). The van der Waals surface area contributed by atoms with Crippen molar-refractivity contribution < 1.29 is 0 Å². The number of nitrogens with one attached hydrogen (secondary N) is 2. The molecule has 0 aromatic carbocycles. The molecule has 0 spiro atoms. The average Bonchev–Trinajstić information content (AvgIpc) is 3.01. The molecule has 0 radical (unpaired) electrons. The lowest BCUT2D eigenvalue weighted by atomic mass is 10.0. The average molecular weight is 283 g/mol. The van der Waals surface area contributed by atoms with Crippen molar-refractivity contribution in [1.29, 1.82) is 0 Å². The van der Waals surface area contributed by atoms with Gasteiger partial charge in [0, 0.05) is 56.5 Å². The summed E-state index contributed by atoms with van der Waals surface area (Å²) in [5.74, 6) is 0.970. The summed E-state index contributed by atoms with van der Waals surface area (Å²) in [6.07, 6.45) is 6.66. The molecule has 0 saturated carbocycles. The molecule has 1 unspecified atom stereocenters. The molecule has 1 saturated heterocycles. The SMILES string of the molecule is CN(C)c1nccc(NC2CCNC2)c1-c1ccncc1. The van der Waals surface area contributed by atoms with Crippen LogP contribution in [0.2, 0.25) is 0 Å². The van der Waals surface area contributed by atoms with Crippen LogP contribution >= 0.6 is 0 Å². The van der Waals surface area contributed by atoms with Crippen molar-refractivity contribution in [2.45, 2.75) is 12.5 Å². The first kappa shape index (κ1) is 13.8. The summed E-state index contributed by atoms with van der Waals surface area (Å²) in [5.41, 5.74) is 3.40. The van der Waals surface area contributed by atoms with Crippen LogP contribution in [0.15, 0.2) is 36.8 Å². The maximum absolute atomic E-state index is 4.54. The van der Waals surface area contributed by atoms with E-state index in [1.807, 2.05) is 49.7 Å². The molecule has 1 aliphatic heterocycles. The molecule has 2 aromatic heterocycles. The molecule has 0 bridgehead atoms. The highest BCUT2D eigenvalue weighted by molar-refractivity contribution is 5.86. The summed E-state index contributed by atoms with van der Waals surface area (Å²) in [7, 11) is 4.04. The minimum Gasteiger partial charge on any atom is -0.380 e. The Morgan fingerprint density at radius 2 is 2.00 bits per heavy atom. The molecular formula is C16H21N5. The second-order valence-electron chi connectivity index (χ2n) is 5.52. The number of hydrogen-bond acceptors (Lipinski definition) is 5. The molecule has 2 N–H and O–H groups in total. The Bertz CT molecular complexity index is 591. The van der Waals surface area contributed by atoms with E-state index in [1.54, 1.807) is 0 Å². The summed E-state index contributed by atoms with van der Waals surface area (Å²) < 4.78 is 0. The molecule has 1 aliphatic rings. The Balaban J connectivity index is 2.04. The van der Waals surface area contributed by atoms with Gasteiger partial charge in [0.05, 0.1) is 0 Å². The van der Waals surface area contributed by atoms with Crippen LogP contribution in [0.4, 0.5) is 11.5 Å². The van der Waals surface area contributed by atoms with E-state index in [-0.39, 0.29) is 0 Å². The molecule has 3 rings (SSSR count). The Morgan fingerprint density at radius 3 is 2.67 bits per heavy atom. The lowest BCUT2D eigenvalue weighted by Gasteiger charge is -2.22. The van der Waals surface area contributed by atoms with Gasteiger partial charge >= 0.3 is 0 Å². The number of nitrogens with zero attached hydrogens (tertiary/aromatic N) is 3. The van der Waals surface area contributed by atoms with Crippen molar-refractivity contribution in [2.75, 3.05) is 37.4 Å². The van der Waals surface area contributed by atoms with E-state index in [0.29, 0.717) is 6.04 Å². The highest BCUT2D eigenvalue weighted by Crippen LogP contribution is 2.35. The van der Waals surface area contributed by atoms with E-state index in [2.05, 4.69) is 26.7 Å². The summed E-state index contributed by atoms with van der Waals surface area (Å²) in [4.78, 5) is 10.7. The van der Waals surface area contributed by atoms with Crippen molar-refractivity contribution in [1.82, 2.24) is 15.3 Å². The van der Waals surface area contributed by atoms with E-state index in [1.165, 1.54) is 0 Å². The Morgan fingerprint density at radius 1 is 1.19 bits per heavy atom. The van der Waals surface area contributed by atoms with Crippen molar-refractivity contribution in [3.8, 4) is 11.1 Å². The maximum Gasteiger partial charge on any atom is 0.137 e. The molecule has 0 aliphatic carbocycles. The normalized spacial score (nSPS) is 17.7. The lowest BCUT2D eigenvalue weighted by Crippen LogP contribution is -2.23. The second kappa shape index (κ2) is 6.10. The van der Waals surface area contributed by atoms with Crippen LogP contribution in [-0.2, 0) is 0 Å². The van der Waals surface area contributed by atoms with Crippen LogP contribution in [0.5, 0.6) is 0 Å². The van der Waals surface area contributed by atoms with Gasteiger partial charge in [-0.15, -0.1) is 0 Å². The third-order valence-corrected chi connectivity index (χ3v) is 3.74. The molecule has 5 nitrogen and oxygen atoms in total. The van der Waals surface area contributed by atoms with E-state index in [4.69, 9.17) is 0 Å². The molecule has 21 heavy (non-hydrogen) atoms. The highest BCUT2D eigenvalue weighted by Gasteiger charge is 2.18. The predicted molar refractivity (Wildman–Crippen MR) is 86.7 cm³/mol. The quantitative estimate of drug-likeness (QED) is 0.898. The first-order valence-corrected chi connectivity index (χ1v) is 7.29. The second-order valence-corrected chi connectivity index (χ2v) is 5.52. The summed E-state index contributed by atoms with van der Waals surface area (Å²) in [5, 5.41) is 7.04. The fourth-order valence-electron chi connectivity index (χ4n) is 2.71. The van der Waals surface area contributed by atoms with Gasteiger partial charge in [0.25, 0.3) is 0 Å². The first-order valence-electron chi connectivity index (χ1n) is 7.29.